The fraction of sp³-hybridized carbons (Fsp3) is 0.238. The molecular formula is C21H22N2O5. The molecule has 7 nitrogen and oxygen atoms in total. The zero-order valence-corrected chi connectivity index (χ0v) is 16.0. The molecule has 28 heavy (non-hydrogen) atoms. The number of carbonyl (C=O) groups excluding carboxylic acids is 3. The van der Waals surface area contributed by atoms with Crippen LogP contribution < -0.4 is 4.74 Å². The summed E-state index contributed by atoms with van der Waals surface area (Å²) in [6.07, 6.45) is 1.30. The second-order valence-corrected chi connectivity index (χ2v) is 5.88. The van der Waals surface area contributed by atoms with Gasteiger partial charge in [-0.15, -0.1) is 0 Å². The highest BCUT2D eigenvalue weighted by molar-refractivity contribution is 6.09. The Kier molecular flexibility index (Phi) is 7.45. The van der Waals surface area contributed by atoms with E-state index in [9.17, 15) is 14.4 Å². The third-order valence-corrected chi connectivity index (χ3v) is 3.98. The van der Waals surface area contributed by atoms with E-state index in [0.29, 0.717) is 11.1 Å². The highest BCUT2D eigenvalue weighted by atomic mass is 16.5. The van der Waals surface area contributed by atoms with Gasteiger partial charge in [-0.1, -0.05) is 30.3 Å². The van der Waals surface area contributed by atoms with Crippen LogP contribution in [0.2, 0.25) is 0 Å². The summed E-state index contributed by atoms with van der Waals surface area (Å²) in [7, 11) is 2.81. The molecule has 7 heteroatoms. The SMILES string of the molecule is CC=NN(C)C(CC(=O)OC)C(=O)Oc1ccc(C(=O)c2ccccc2)cc1. The lowest BCUT2D eigenvalue weighted by Gasteiger charge is -2.22. The molecule has 0 aliphatic carbocycles. The lowest BCUT2D eigenvalue weighted by Crippen LogP contribution is -2.40. The predicted molar refractivity (Wildman–Crippen MR) is 104 cm³/mol. The number of esters is 2. The van der Waals surface area contributed by atoms with Crippen molar-refractivity contribution >= 4 is 23.9 Å². The molecule has 1 atom stereocenters. The average molecular weight is 382 g/mol. The highest BCUT2D eigenvalue weighted by Gasteiger charge is 2.28. The average Bonchev–Trinajstić information content (AvgIpc) is 2.72. The van der Waals surface area contributed by atoms with Crippen molar-refractivity contribution in [2.24, 2.45) is 5.10 Å². The monoisotopic (exact) mass is 382 g/mol. The number of methoxy groups -OCH3 is 1. The van der Waals surface area contributed by atoms with E-state index in [4.69, 9.17) is 4.74 Å². The number of hydrogen-bond acceptors (Lipinski definition) is 7. The maximum Gasteiger partial charge on any atom is 0.336 e. The van der Waals surface area contributed by atoms with Crippen LogP contribution >= 0.6 is 0 Å². The first kappa shape index (κ1) is 20.8. The van der Waals surface area contributed by atoms with Gasteiger partial charge in [0.15, 0.2) is 11.8 Å². The number of ether oxygens (including phenoxy) is 2. The first-order chi connectivity index (χ1) is 13.5. The van der Waals surface area contributed by atoms with Gasteiger partial charge in [-0.2, -0.15) is 5.10 Å². The molecule has 0 aromatic heterocycles. The summed E-state index contributed by atoms with van der Waals surface area (Å²) >= 11 is 0. The van der Waals surface area contributed by atoms with E-state index in [0.717, 1.165) is 0 Å². The second kappa shape index (κ2) is 10.0. The minimum absolute atomic E-state index is 0.126. The predicted octanol–water partition coefficient (Wildman–Crippen LogP) is 2.69. The van der Waals surface area contributed by atoms with Crippen LogP contribution in [-0.2, 0) is 14.3 Å². The molecule has 0 aliphatic rings. The van der Waals surface area contributed by atoms with E-state index in [1.165, 1.54) is 30.5 Å². The van der Waals surface area contributed by atoms with Crippen LogP contribution in [0.4, 0.5) is 0 Å². The fourth-order valence-corrected chi connectivity index (χ4v) is 2.49. The second-order valence-electron chi connectivity index (χ2n) is 5.88. The van der Waals surface area contributed by atoms with E-state index < -0.39 is 18.0 Å². The number of ketones is 1. The summed E-state index contributed by atoms with van der Waals surface area (Å²) in [6, 6.07) is 14.2. The molecule has 0 aliphatic heterocycles. The Morgan fingerprint density at radius 1 is 1.04 bits per heavy atom. The summed E-state index contributed by atoms with van der Waals surface area (Å²) < 4.78 is 9.99. The Morgan fingerprint density at radius 3 is 2.21 bits per heavy atom. The minimum Gasteiger partial charge on any atom is -0.469 e. The van der Waals surface area contributed by atoms with Gasteiger partial charge in [-0.3, -0.25) is 14.6 Å². The molecule has 0 heterocycles. The van der Waals surface area contributed by atoms with E-state index in [1.807, 2.05) is 6.07 Å². The summed E-state index contributed by atoms with van der Waals surface area (Å²) in [5, 5.41) is 5.34. The van der Waals surface area contributed by atoms with Crippen LogP contribution in [0.1, 0.15) is 29.3 Å². The molecule has 0 radical (unpaired) electrons. The van der Waals surface area contributed by atoms with Crippen LogP contribution in [-0.4, -0.2) is 49.1 Å². The smallest absolute Gasteiger partial charge is 0.336 e. The standard InChI is InChI=1S/C21H22N2O5/c1-4-22-23(2)18(14-19(24)27-3)21(26)28-17-12-10-16(11-13-17)20(25)15-8-6-5-7-9-15/h4-13,18H,14H2,1-3H3. The summed E-state index contributed by atoms with van der Waals surface area (Å²) in [5.41, 5.74) is 1.05. The molecule has 2 aromatic carbocycles. The molecule has 146 valence electrons. The van der Waals surface area contributed by atoms with Crippen molar-refractivity contribution in [1.82, 2.24) is 5.01 Å². The first-order valence-electron chi connectivity index (χ1n) is 8.66. The Bertz CT molecular complexity index is 847. The maximum absolute atomic E-state index is 12.5. The van der Waals surface area contributed by atoms with Gasteiger partial charge >= 0.3 is 11.9 Å². The van der Waals surface area contributed by atoms with Crippen LogP contribution in [0.15, 0.2) is 59.7 Å². The van der Waals surface area contributed by atoms with E-state index in [-0.39, 0.29) is 18.0 Å². The number of hydrazone groups is 1. The van der Waals surface area contributed by atoms with Crippen LogP contribution in [0, 0.1) is 0 Å². The van der Waals surface area contributed by atoms with Gasteiger partial charge in [0.25, 0.3) is 0 Å². The third-order valence-electron chi connectivity index (χ3n) is 3.98. The Balaban J connectivity index is 2.11. The topological polar surface area (TPSA) is 85.3 Å². The molecule has 2 rings (SSSR count). The fourth-order valence-electron chi connectivity index (χ4n) is 2.49. The summed E-state index contributed by atoms with van der Waals surface area (Å²) in [5.74, 6) is -1.07. The van der Waals surface area contributed by atoms with Crippen molar-refractivity contribution in [3.63, 3.8) is 0 Å². The van der Waals surface area contributed by atoms with Crippen molar-refractivity contribution in [1.29, 1.82) is 0 Å². The zero-order valence-electron chi connectivity index (χ0n) is 16.0. The third kappa shape index (κ3) is 5.51. The van der Waals surface area contributed by atoms with Crippen molar-refractivity contribution in [3.05, 3.63) is 65.7 Å². The molecule has 0 N–H and O–H groups in total. The summed E-state index contributed by atoms with van der Waals surface area (Å²) in [4.78, 5) is 36.5. The molecule has 0 amide bonds. The highest BCUT2D eigenvalue weighted by Crippen LogP contribution is 2.17. The maximum atomic E-state index is 12.5. The number of likely N-dealkylation sites (N-methyl/N-ethyl adjacent to an activating group) is 1. The van der Waals surface area contributed by atoms with Crippen LogP contribution in [0.25, 0.3) is 0 Å². The van der Waals surface area contributed by atoms with E-state index in [2.05, 4.69) is 9.84 Å². The van der Waals surface area contributed by atoms with Gasteiger partial charge in [-0.05, 0) is 31.2 Å². The van der Waals surface area contributed by atoms with E-state index in [1.54, 1.807) is 50.4 Å². The molecule has 0 bridgehead atoms. The lowest BCUT2D eigenvalue weighted by molar-refractivity contribution is -0.149. The van der Waals surface area contributed by atoms with Gasteiger partial charge in [0, 0.05) is 24.4 Å². The normalized spacial score (nSPS) is 11.7. The van der Waals surface area contributed by atoms with E-state index >= 15 is 0 Å². The Hall–Kier alpha value is -3.48. The zero-order chi connectivity index (χ0) is 20.5. The van der Waals surface area contributed by atoms with Crippen LogP contribution in [0.5, 0.6) is 5.75 Å². The summed E-state index contributed by atoms with van der Waals surface area (Å²) in [6.45, 7) is 1.69. The Labute approximate surface area is 163 Å². The van der Waals surface area contributed by atoms with Crippen molar-refractivity contribution < 1.29 is 23.9 Å². The number of carbonyl (C=O) groups is 3. The largest absolute Gasteiger partial charge is 0.469 e. The number of hydrogen-bond donors (Lipinski definition) is 0. The molecule has 0 saturated heterocycles. The molecule has 1 unspecified atom stereocenters. The van der Waals surface area contributed by atoms with Gasteiger partial charge in [0.2, 0.25) is 0 Å². The molecule has 2 aromatic rings. The molecule has 0 spiro atoms. The quantitative estimate of drug-likeness (QED) is 0.229. The minimum atomic E-state index is -0.936. The molecule has 0 saturated carbocycles. The molecular weight excluding hydrogens is 360 g/mol. The number of rotatable bonds is 8. The first-order valence-corrected chi connectivity index (χ1v) is 8.66. The van der Waals surface area contributed by atoms with Gasteiger partial charge in [-0.25, -0.2) is 4.79 Å². The Morgan fingerprint density at radius 2 is 1.64 bits per heavy atom. The molecule has 0 fully saturated rings. The van der Waals surface area contributed by atoms with Gasteiger partial charge < -0.3 is 9.47 Å². The van der Waals surface area contributed by atoms with Crippen molar-refractivity contribution in [2.45, 2.75) is 19.4 Å². The van der Waals surface area contributed by atoms with Gasteiger partial charge in [0.05, 0.1) is 13.5 Å². The number of benzene rings is 2. The van der Waals surface area contributed by atoms with Crippen molar-refractivity contribution in [2.75, 3.05) is 14.2 Å². The van der Waals surface area contributed by atoms with Gasteiger partial charge in [0.1, 0.15) is 5.75 Å². The lowest BCUT2D eigenvalue weighted by atomic mass is 10.0. The van der Waals surface area contributed by atoms with Crippen molar-refractivity contribution in [3.8, 4) is 5.75 Å². The van der Waals surface area contributed by atoms with Crippen LogP contribution in [0.3, 0.4) is 0 Å². The number of nitrogens with zero attached hydrogens (tertiary/aromatic N) is 2.